The lowest BCUT2D eigenvalue weighted by Crippen LogP contribution is -2.48. The number of benzene rings is 1. The van der Waals surface area contributed by atoms with Crippen LogP contribution in [0.4, 0.5) is 5.95 Å². The number of guanidine groups is 1. The molecule has 1 unspecified atom stereocenters. The summed E-state index contributed by atoms with van der Waals surface area (Å²) in [6, 6.07) is 12.7. The Morgan fingerprint density at radius 1 is 1.03 bits per heavy atom. The van der Waals surface area contributed by atoms with Crippen molar-refractivity contribution in [1.82, 2.24) is 25.1 Å². The maximum atomic E-state index is 4.95. The summed E-state index contributed by atoms with van der Waals surface area (Å²) in [6.45, 7) is 11.0. The second-order valence-corrected chi connectivity index (χ2v) is 7.96. The first kappa shape index (κ1) is 20.6. The lowest BCUT2D eigenvalue weighted by atomic mass is 9.99. The lowest BCUT2D eigenvalue weighted by molar-refractivity contribution is 0.263. The van der Waals surface area contributed by atoms with Crippen LogP contribution in [0.1, 0.15) is 24.8 Å². The van der Waals surface area contributed by atoms with Gasteiger partial charge in [-0.1, -0.05) is 30.3 Å². The first-order valence-corrected chi connectivity index (χ1v) is 11.2. The second kappa shape index (κ2) is 10.4. The molecule has 1 N–H and O–H groups in total. The van der Waals surface area contributed by atoms with Gasteiger partial charge in [0.2, 0.25) is 5.95 Å². The van der Waals surface area contributed by atoms with Crippen LogP contribution >= 0.6 is 0 Å². The van der Waals surface area contributed by atoms with Crippen molar-refractivity contribution >= 4 is 11.9 Å². The predicted octanol–water partition coefficient (Wildman–Crippen LogP) is 2.05. The summed E-state index contributed by atoms with van der Waals surface area (Å²) < 4.78 is 0. The van der Waals surface area contributed by atoms with E-state index in [0.717, 1.165) is 70.8 Å². The highest BCUT2D eigenvalue weighted by molar-refractivity contribution is 5.80. The average molecular weight is 408 g/mol. The topological polar surface area (TPSA) is 59.9 Å². The number of aliphatic imine (C=N–C) groups is 1. The van der Waals surface area contributed by atoms with E-state index in [4.69, 9.17) is 4.99 Å². The van der Waals surface area contributed by atoms with Crippen LogP contribution in [0, 0.1) is 0 Å². The number of nitrogens with zero attached hydrogens (tertiary/aromatic N) is 6. The maximum absolute atomic E-state index is 4.95. The number of likely N-dealkylation sites (tertiary alicyclic amines) is 1. The molecule has 2 aromatic rings. The Hall–Kier alpha value is -2.67. The third-order valence-electron chi connectivity index (χ3n) is 5.98. The standard InChI is InChI=1S/C23H33N7/c1-2-24-22(30-13-9-21(19-30)20-7-4-3-5-8-20)27-12-14-28-15-17-29(18-16-28)23-25-10-6-11-26-23/h3-8,10-11,21H,2,9,12-19H2,1H3,(H,24,27). The number of anilines is 1. The molecule has 4 rings (SSSR count). The van der Waals surface area contributed by atoms with Crippen LogP contribution in [0.2, 0.25) is 0 Å². The van der Waals surface area contributed by atoms with Gasteiger partial charge in [-0.25, -0.2) is 9.97 Å². The van der Waals surface area contributed by atoms with E-state index in [1.807, 2.05) is 18.5 Å². The van der Waals surface area contributed by atoms with E-state index in [2.05, 4.69) is 67.2 Å². The monoisotopic (exact) mass is 407 g/mol. The zero-order chi connectivity index (χ0) is 20.6. The van der Waals surface area contributed by atoms with Crippen molar-refractivity contribution in [2.45, 2.75) is 19.3 Å². The van der Waals surface area contributed by atoms with E-state index >= 15 is 0 Å². The van der Waals surface area contributed by atoms with Gasteiger partial charge in [0.15, 0.2) is 5.96 Å². The van der Waals surface area contributed by atoms with Crippen molar-refractivity contribution in [1.29, 1.82) is 0 Å². The highest BCUT2D eigenvalue weighted by Gasteiger charge is 2.26. The summed E-state index contributed by atoms with van der Waals surface area (Å²) in [5, 5.41) is 3.50. The number of rotatable bonds is 6. The molecule has 7 heteroatoms. The number of hydrogen-bond donors (Lipinski definition) is 1. The van der Waals surface area contributed by atoms with E-state index in [-0.39, 0.29) is 0 Å². The number of aromatic nitrogens is 2. The smallest absolute Gasteiger partial charge is 0.225 e. The van der Waals surface area contributed by atoms with E-state index < -0.39 is 0 Å². The quantitative estimate of drug-likeness (QED) is 0.584. The Morgan fingerprint density at radius 3 is 2.53 bits per heavy atom. The lowest BCUT2D eigenvalue weighted by Gasteiger charge is -2.34. The Labute approximate surface area is 179 Å². The van der Waals surface area contributed by atoms with E-state index in [1.165, 1.54) is 12.0 Å². The summed E-state index contributed by atoms with van der Waals surface area (Å²) >= 11 is 0. The minimum Gasteiger partial charge on any atom is -0.357 e. The molecular formula is C23H33N7. The Kier molecular flexibility index (Phi) is 7.13. The average Bonchev–Trinajstić information content (AvgIpc) is 3.30. The molecule has 1 aromatic carbocycles. The minimum absolute atomic E-state index is 0.600. The van der Waals surface area contributed by atoms with Crippen LogP contribution in [0.15, 0.2) is 53.8 Å². The molecule has 1 aromatic heterocycles. The molecule has 2 aliphatic rings. The largest absolute Gasteiger partial charge is 0.357 e. The Morgan fingerprint density at radius 2 is 1.80 bits per heavy atom. The molecule has 0 saturated carbocycles. The third-order valence-corrected chi connectivity index (χ3v) is 5.98. The van der Waals surface area contributed by atoms with E-state index in [0.29, 0.717) is 5.92 Å². The van der Waals surface area contributed by atoms with Crippen LogP contribution in [0.3, 0.4) is 0 Å². The molecule has 7 nitrogen and oxygen atoms in total. The normalized spacial score (nSPS) is 20.6. The van der Waals surface area contributed by atoms with E-state index in [1.54, 1.807) is 0 Å². The molecule has 0 spiro atoms. The van der Waals surface area contributed by atoms with Crippen molar-refractivity contribution in [2.24, 2.45) is 4.99 Å². The van der Waals surface area contributed by atoms with E-state index in [9.17, 15) is 0 Å². The van der Waals surface area contributed by atoms with Gasteiger partial charge in [0.1, 0.15) is 0 Å². The van der Waals surface area contributed by atoms with Crippen molar-refractivity contribution in [3.8, 4) is 0 Å². The summed E-state index contributed by atoms with van der Waals surface area (Å²) in [5.41, 5.74) is 1.44. The zero-order valence-corrected chi connectivity index (χ0v) is 18.0. The van der Waals surface area contributed by atoms with Crippen LogP contribution in [-0.4, -0.2) is 84.6 Å². The Bertz CT molecular complexity index is 788. The van der Waals surface area contributed by atoms with Gasteiger partial charge in [-0.15, -0.1) is 0 Å². The molecule has 0 amide bonds. The fourth-order valence-corrected chi connectivity index (χ4v) is 4.30. The molecule has 160 valence electrons. The summed E-state index contributed by atoms with van der Waals surface area (Å²) in [4.78, 5) is 20.9. The molecule has 30 heavy (non-hydrogen) atoms. The molecule has 3 heterocycles. The molecule has 0 radical (unpaired) electrons. The first-order chi connectivity index (χ1) is 14.8. The predicted molar refractivity (Wildman–Crippen MR) is 122 cm³/mol. The SMILES string of the molecule is CCNC(=NCCN1CCN(c2ncccn2)CC1)N1CCC(c2ccccc2)C1. The molecule has 0 aliphatic carbocycles. The van der Waals surface area contributed by atoms with Crippen LogP contribution in [0.5, 0.6) is 0 Å². The Balaban J connectivity index is 1.26. The van der Waals surface area contributed by atoms with Gasteiger partial charge in [-0.2, -0.15) is 0 Å². The maximum Gasteiger partial charge on any atom is 0.225 e. The second-order valence-electron chi connectivity index (χ2n) is 7.96. The van der Waals surface area contributed by atoms with Gasteiger partial charge in [-0.3, -0.25) is 9.89 Å². The summed E-state index contributed by atoms with van der Waals surface area (Å²) in [7, 11) is 0. The van der Waals surface area contributed by atoms with Crippen molar-refractivity contribution in [3.05, 3.63) is 54.4 Å². The van der Waals surface area contributed by atoms with Gasteiger partial charge in [0.25, 0.3) is 0 Å². The zero-order valence-electron chi connectivity index (χ0n) is 18.0. The van der Waals surface area contributed by atoms with Gasteiger partial charge < -0.3 is 15.1 Å². The molecule has 1 atom stereocenters. The van der Waals surface area contributed by atoms with Crippen LogP contribution in [0.25, 0.3) is 0 Å². The van der Waals surface area contributed by atoms with Crippen LogP contribution < -0.4 is 10.2 Å². The van der Waals surface area contributed by atoms with Gasteiger partial charge >= 0.3 is 0 Å². The molecule has 2 aliphatic heterocycles. The van der Waals surface area contributed by atoms with Gasteiger partial charge in [-0.05, 0) is 25.0 Å². The molecule has 2 saturated heterocycles. The van der Waals surface area contributed by atoms with Crippen molar-refractivity contribution < 1.29 is 0 Å². The fraction of sp³-hybridized carbons (Fsp3) is 0.522. The summed E-state index contributed by atoms with van der Waals surface area (Å²) in [5.74, 6) is 2.50. The highest BCUT2D eigenvalue weighted by Crippen LogP contribution is 2.26. The number of hydrogen-bond acceptors (Lipinski definition) is 5. The highest BCUT2D eigenvalue weighted by atomic mass is 15.3. The molecular weight excluding hydrogens is 374 g/mol. The summed E-state index contributed by atoms with van der Waals surface area (Å²) in [6.07, 6.45) is 4.82. The molecule has 0 bridgehead atoms. The third kappa shape index (κ3) is 5.27. The first-order valence-electron chi connectivity index (χ1n) is 11.2. The van der Waals surface area contributed by atoms with Crippen LogP contribution in [-0.2, 0) is 0 Å². The number of piperazine rings is 1. The molecule has 2 fully saturated rings. The van der Waals surface area contributed by atoms with Gasteiger partial charge in [0, 0.05) is 70.7 Å². The fourth-order valence-electron chi connectivity index (χ4n) is 4.30. The minimum atomic E-state index is 0.600. The van der Waals surface area contributed by atoms with Crippen molar-refractivity contribution in [2.75, 3.05) is 63.8 Å². The van der Waals surface area contributed by atoms with Gasteiger partial charge in [0.05, 0.1) is 6.54 Å². The number of nitrogens with one attached hydrogen (secondary N) is 1. The van der Waals surface area contributed by atoms with Crippen molar-refractivity contribution in [3.63, 3.8) is 0 Å².